The molecular formula is C80H70Cl5N27O6. The highest BCUT2D eigenvalue weighted by Crippen LogP contribution is 2.43. The van der Waals surface area contributed by atoms with E-state index < -0.39 is 5.91 Å². The summed E-state index contributed by atoms with van der Waals surface area (Å²) in [6.45, 7) is 7.84. The lowest BCUT2D eigenvalue weighted by Crippen LogP contribution is -2.26. The van der Waals surface area contributed by atoms with Crippen LogP contribution < -0.4 is 54.6 Å². The summed E-state index contributed by atoms with van der Waals surface area (Å²) in [5.74, 6) is 0.967. The van der Waals surface area contributed by atoms with Crippen LogP contribution >= 0.6 is 58.0 Å². The summed E-state index contributed by atoms with van der Waals surface area (Å²) < 4.78 is 7.35. The summed E-state index contributed by atoms with van der Waals surface area (Å²) in [4.78, 5) is 111. The number of pyridine rings is 4. The number of nitriles is 1. The van der Waals surface area contributed by atoms with Gasteiger partial charge in [0, 0.05) is 54.0 Å². The maximum Gasteiger partial charge on any atom is 0.269 e. The molecule has 0 aliphatic heterocycles. The van der Waals surface area contributed by atoms with Crippen LogP contribution in [0, 0.1) is 11.3 Å². The van der Waals surface area contributed by atoms with Crippen LogP contribution in [0.5, 0.6) is 0 Å². The Balaban J connectivity index is 0.000000113. The van der Waals surface area contributed by atoms with E-state index in [4.69, 9.17) is 63.7 Å². The Morgan fingerprint density at radius 2 is 0.703 bits per heavy atom. The minimum Gasteiger partial charge on any atom is -0.364 e. The van der Waals surface area contributed by atoms with Gasteiger partial charge in [-0.25, -0.2) is 39.9 Å². The molecule has 12 heterocycles. The quantitative estimate of drug-likeness (QED) is 0.0381. The number of anilines is 4. The first-order valence-corrected chi connectivity index (χ1v) is 39.7. The average Bonchev–Trinajstić information content (AvgIpc) is 1.28. The van der Waals surface area contributed by atoms with Gasteiger partial charge in [0.05, 0.1) is 82.0 Å². The molecule has 33 nitrogen and oxygen atoms in total. The molecule has 0 unspecified atom stereocenters. The van der Waals surface area contributed by atoms with Gasteiger partial charge in [-0.15, -0.1) is 0 Å². The van der Waals surface area contributed by atoms with Crippen molar-refractivity contribution in [2.24, 2.45) is 5.73 Å². The molecule has 4 saturated carbocycles. The number of carbonyl (C=O) groups excluding carboxylic acids is 2. The zero-order valence-corrected chi connectivity index (χ0v) is 67.1. The molecule has 118 heavy (non-hydrogen) atoms. The van der Waals surface area contributed by atoms with Gasteiger partial charge >= 0.3 is 0 Å². The number of nitrogens with one attached hydrogen (secondary N) is 9. The topological polar surface area (TPSA) is 450 Å². The molecule has 2 amide bonds. The molecule has 20 rings (SSSR count). The summed E-state index contributed by atoms with van der Waals surface area (Å²) in [5.41, 5.74) is 10.8. The first kappa shape index (κ1) is 77.6. The maximum atomic E-state index is 13.3. The zero-order valence-electron chi connectivity index (χ0n) is 63.3. The molecule has 11 N–H and O–H groups in total. The molecular weight excluding hydrogens is 1610 g/mol. The second-order valence-electron chi connectivity index (χ2n) is 29.3. The largest absolute Gasteiger partial charge is 0.364 e. The normalized spacial score (nSPS) is 14.9. The van der Waals surface area contributed by atoms with Gasteiger partial charge in [0.15, 0.2) is 22.6 Å². The fourth-order valence-corrected chi connectivity index (χ4v) is 16.3. The van der Waals surface area contributed by atoms with Crippen molar-refractivity contribution in [2.75, 3.05) is 28.3 Å². The molecule has 16 aromatic rings. The maximum absolute atomic E-state index is 13.3. The van der Waals surface area contributed by atoms with Gasteiger partial charge in [-0.3, -0.25) is 49.2 Å². The third-order valence-corrected chi connectivity index (χ3v) is 22.8. The van der Waals surface area contributed by atoms with Gasteiger partial charge in [0.1, 0.15) is 82.3 Å². The molecule has 0 bridgehead atoms. The van der Waals surface area contributed by atoms with Crippen LogP contribution in [0.1, 0.15) is 177 Å². The molecule has 38 heteroatoms. The summed E-state index contributed by atoms with van der Waals surface area (Å²) in [7, 11) is 1.54. The van der Waals surface area contributed by atoms with Gasteiger partial charge in [-0.1, -0.05) is 107 Å². The number of nitrogens with zero attached hydrogens (tertiary/aromatic N) is 17. The number of hydrogen-bond donors (Lipinski definition) is 10. The molecule has 0 saturated heterocycles. The number of H-pyrrole nitrogens is 4. The van der Waals surface area contributed by atoms with Crippen molar-refractivity contribution >= 4 is 180 Å². The standard InChI is InChI=1S/C21H20ClN7O2.C20H18ClN7O2.C20H16ClN7O.C19H16Cl2N6O/c1-10(26-18-16-17(20(30)23-2)27-28-19(16)25-9-24-18)14-8-11-4-3-5-13(22)15(11)21(31)29(14)12-6-7-12;1-9(25-18-15-16(17(22)29)26-27-19(15)24-8-23-18)13-7-10-3-2-4-12(21)14(10)20(30)28(13)11-5-6-11;1-10(25-18-17-14(8-22)26-27-19(17)24-9-23-18)15-7-11-3-2-4-13(21)16(11)20(29)28(15)12-5-6-12;1-9(24-17-15-16(21)25-26-18(15)23-8-22-17)13-7-10-3-2-4-12(20)14(10)19(28)27(13)11-5-6-11/h3-5,8-10,12H,6-7H2,1-2H3,(H,23,30)(H2,24,25,26,27,28);2-4,7-9,11H,5-6H2,1H3,(H2,22,29)(H2,23,24,25,26,27);2-4,7,9-10,12H,5-6H2,1H3,(H2,23,24,25,26,27);2-4,7-9,11H,5-6H2,1H3,(H2,22,23,24,25,26)/t10-;9-;10-;9-/m0000/s1. The van der Waals surface area contributed by atoms with Crippen LogP contribution in [0.2, 0.25) is 25.2 Å². The van der Waals surface area contributed by atoms with Crippen molar-refractivity contribution in [3.05, 3.63) is 229 Å². The number of amides is 2. The number of carbonyl (C=O) groups is 2. The van der Waals surface area contributed by atoms with E-state index in [0.717, 1.165) is 95.7 Å². The third-order valence-electron chi connectivity index (χ3n) is 21.2. The molecule has 0 radical (unpaired) electrons. The van der Waals surface area contributed by atoms with Crippen LogP contribution in [0.15, 0.2) is 142 Å². The number of benzene rings is 4. The van der Waals surface area contributed by atoms with E-state index in [9.17, 15) is 34.0 Å². The van der Waals surface area contributed by atoms with Crippen molar-refractivity contribution in [2.45, 2.75) is 127 Å². The van der Waals surface area contributed by atoms with E-state index in [-0.39, 0.29) is 87.9 Å². The van der Waals surface area contributed by atoms with Crippen LogP contribution in [-0.4, -0.2) is 118 Å². The van der Waals surface area contributed by atoms with Gasteiger partial charge < -0.3 is 50.6 Å². The van der Waals surface area contributed by atoms with Crippen molar-refractivity contribution in [3.63, 3.8) is 0 Å². The van der Waals surface area contributed by atoms with Crippen LogP contribution in [0.25, 0.3) is 87.2 Å². The second kappa shape index (κ2) is 31.6. The first-order valence-electron chi connectivity index (χ1n) is 37.8. The second-order valence-corrected chi connectivity index (χ2v) is 31.3. The fourth-order valence-electron chi connectivity index (χ4n) is 15.1. The fraction of sp³-hybridized carbons (Fsp3) is 0.263. The number of halogens is 5. The molecule has 12 aromatic heterocycles. The van der Waals surface area contributed by atoms with E-state index >= 15 is 0 Å². The highest BCUT2D eigenvalue weighted by molar-refractivity contribution is 6.37. The van der Waals surface area contributed by atoms with Crippen molar-refractivity contribution in [3.8, 4) is 6.07 Å². The summed E-state index contributed by atoms with van der Waals surface area (Å²) >= 11 is 31.5. The van der Waals surface area contributed by atoms with E-state index in [0.29, 0.717) is 120 Å². The molecule has 596 valence electrons. The Kier molecular flexibility index (Phi) is 20.7. The SMILES string of the molecule is CNC(=O)c1[nH]nc2ncnc(N[C@@H](C)c3cc4cccc(Cl)c4c(=O)n3C3CC3)c12.C[C@H](Nc1ncnc2n[nH]c(C#N)c12)c1cc2cccc(Cl)c2c(=O)n1C1CC1.C[C@H](Nc1ncnc2n[nH]c(C(N)=O)c12)c1cc2cccc(Cl)c2c(=O)n1C1CC1.C[C@H](Nc1ncnc2n[nH]c(Cl)c12)c1cc2cccc(Cl)c2c(=O)n1C1CC1. The number of aromatic amines is 4. The van der Waals surface area contributed by atoms with E-state index in [1.54, 1.807) is 31.3 Å². The Hall–Kier alpha value is -13.0. The smallest absolute Gasteiger partial charge is 0.269 e. The lowest BCUT2D eigenvalue weighted by Gasteiger charge is -2.21. The monoisotopic (exact) mass is 1680 g/mol. The van der Waals surface area contributed by atoms with Crippen LogP contribution in [-0.2, 0) is 0 Å². The molecule has 4 aliphatic carbocycles. The summed E-state index contributed by atoms with van der Waals surface area (Å²) in [5, 5.41) is 61.9. The van der Waals surface area contributed by atoms with Crippen molar-refractivity contribution < 1.29 is 9.59 Å². The van der Waals surface area contributed by atoms with Crippen LogP contribution in [0.3, 0.4) is 0 Å². The van der Waals surface area contributed by atoms with E-state index in [2.05, 4.69) is 113 Å². The molecule has 4 atom stereocenters. The Bertz CT molecular complexity index is 7070. The molecule has 4 fully saturated rings. The Morgan fingerprint density at radius 3 is 1.03 bits per heavy atom. The lowest BCUT2D eigenvalue weighted by atomic mass is 10.1. The van der Waals surface area contributed by atoms with Crippen LogP contribution in [0.4, 0.5) is 23.3 Å². The number of primary amides is 1. The van der Waals surface area contributed by atoms with Gasteiger partial charge in [0.25, 0.3) is 34.1 Å². The number of rotatable bonds is 18. The highest BCUT2D eigenvalue weighted by Gasteiger charge is 2.35. The summed E-state index contributed by atoms with van der Waals surface area (Å²) in [6.07, 6.45) is 13.3. The number of fused-ring (bicyclic) bond motifs is 8. The number of hydrogen-bond acceptors (Lipinski definition) is 23. The van der Waals surface area contributed by atoms with Crippen molar-refractivity contribution in [1.29, 1.82) is 5.26 Å². The highest BCUT2D eigenvalue weighted by atomic mass is 35.5. The average molecular weight is 1680 g/mol. The Morgan fingerprint density at radius 1 is 0.415 bits per heavy atom. The number of aromatic nitrogens is 20. The zero-order chi connectivity index (χ0) is 82.2. The van der Waals surface area contributed by atoms with E-state index in [1.807, 2.05) is 119 Å². The summed E-state index contributed by atoms with van der Waals surface area (Å²) in [6, 6.07) is 31.6. The van der Waals surface area contributed by atoms with Crippen molar-refractivity contribution in [1.82, 2.24) is 104 Å². The molecule has 4 aromatic carbocycles. The molecule has 4 aliphatic rings. The van der Waals surface area contributed by atoms with Gasteiger partial charge in [-0.2, -0.15) is 25.7 Å². The lowest BCUT2D eigenvalue weighted by molar-refractivity contribution is 0.0958. The minimum absolute atomic E-state index is 0.0524. The first-order chi connectivity index (χ1) is 57.1. The predicted molar refractivity (Wildman–Crippen MR) is 452 cm³/mol. The number of nitrogens with two attached hydrogens (primary N) is 1. The predicted octanol–water partition coefficient (Wildman–Crippen LogP) is 14.3. The molecule has 0 spiro atoms. The van der Waals surface area contributed by atoms with Gasteiger partial charge in [0.2, 0.25) is 0 Å². The minimum atomic E-state index is -0.654. The Labute approximate surface area is 691 Å². The third kappa shape index (κ3) is 14.6. The van der Waals surface area contributed by atoms with E-state index in [1.165, 1.54) is 25.3 Å². The van der Waals surface area contributed by atoms with Gasteiger partial charge in [-0.05, 0) is 149 Å².